The van der Waals surface area contributed by atoms with Gasteiger partial charge in [0.05, 0.1) is 6.04 Å². The largest absolute Gasteiger partial charge is 0.352 e. The molecule has 0 saturated heterocycles. The Kier molecular flexibility index (Phi) is 13.6. The lowest BCUT2D eigenvalue weighted by Gasteiger charge is -2.08. The highest BCUT2D eigenvalue weighted by molar-refractivity contribution is 5.47. The van der Waals surface area contributed by atoms with E-state index in [4.69, 9.17) is 0 Å². The zero-order valence-corrected chi connectivity index (χ0v) is 10.4. The molecule has 2 nitrogen and oxygen atoms in total. The maximum Gasteiger partial charge on any atom is 0.207 e. The van der Waals surface area contributed by atoms with Crippen LogP contribution in [-0.2, 0) is 4.79 Å². The van der Waals surface area contributed by atoms with Crippen LogP contribution in [0.25, 0.3) is 0 Å². The third kappa shape index (κ3) is 7.74. The summed E-state index contributed by atoms with van der Waals surface area (Å²) in [4.78, 5) is 10.1. The number of carbonyl (C=O) groups excluding carboxylic acids is 1. The van der Waals surface area contributed by atoms with Gasteiger partial charge in [-0.05, 0) is 12.5 Å². The van der Waals surface area contributed by atoms with E-state index in [9.17, 15) is 4.79 Å². The number of benzene rings is 1. The monoisotopic (exact) mass is 209 g/mol. The highest BCUT2D eigenvalue weighted by atomic mass is 16.1. The molecule has 86 valence electrons. The van der Waals surface area contributed by atoms with Crippen LogP contribution >= 0.6 is 0 Å². The first-order valence-corrected chi connectivity index (χ1v) is 5.59. The number of hydrogen-bond acceptors (Lipinski definition) is 1. The Bertz CT molecular complexity index is 221. The molecule has 1 atom stereocenters. The summed E-state index contributed by atoms with van der Waals surface area (Å²) in [6, 6.07) is 9.95. The van der Waals surface area contributed by atoms with E-state index in [-0.39, 0.29) is 6.04 Å². The molecule has 1 aromatic carbocycles. The zero-order valence-electron chi connectivity index (χ0n) is 10.4. The smallest absolute Gasteiger partial charge is 0.207 e. The third-order valence-electron chi connectivity index (χ3n) is 1.62. The minimum absolute atomic E-state index is 0.105. The predicted octanol–water partition coefficient (Wildman–Crippen LogP) is 3.55. The van der Waals surface area contributed by atoms with Crippen molar-refractivity contribution in [3.63, 3.8) is 0 Å². The molecule has 0 spiro atoms. The van der Waals surface area contributed by atoms with Crippen molar-refractivity contribution in [3.8, 4) is 0 Å². The van der Waals surface area contributed by atoms with Gasteiger partial charge in [-0.15, -0.1) is 0 Å². The number of hydrogen-bond donors (Lipinski definition) is 1. The molecule has 0 aromatic heterocycles. The molecule has 0 aliphatic heterocycles. The summed E-state index contributed by atoms with van der Waals surface area (Å²) in [7, 11) is 0. The van der Waals surface area contributed by atoms with Crippen LogP contribution in [0.3, 0.4) is 0 Å². The number of carbonyl (C=O) groups is 1. The second kappa shape index (κ2) is 12.7. The van der Waals surface area contributed by atoms with Gasteiger partial charge in [-0.2, -0.15) is 0 Å². The van der Waals surface area contributed by atoms with Gasteiger partial charge in [0.25, 0.3) is 0 Å². The molecule has 0 radical (unpaired) electrons. The molecule has 1 N–H and O–H groups in total. The van der Waals surface area contributed by atoms with Crippen LogP contribution in [0.2, 0.25) is 0 Å². The van der Waals surface area contributed by atoms with E-state index in [2.05, 4.69) is 5.32 Å². The molecule has 1 aromatic rings. The van der Waals surface area contributed by atoms with Crippen LogP contribution in [0.5, 0.6) is 0 Å². The van der Waals surface area contributed by atoms with E-state index in [1.165, 1.54) is 0 Å². The molecule has 0 fully saturated rings. The quantitative estimate of drug-likeness (QED) is 0.758. The van der Waals surface area contributed by atoms with Gasteiger partial charge in [-0.25, -0.2) is 0 Å². The third-order valence-corrected chi connectivity index (χ3v) is 1.62. The SMILES string of the molecule is CC.CC.C[C@@H](NC=O)c1ccccc1. The van der Waals surface area contributed by atoms with Crippen molar-refractivity contribution in [2.24, 2.45) is 0 Å². The molecular weight excluding hydrogens is 186 g/mol. The van der Waals surface area contributed by atoms with Crippen molar-refractivity contribution in [1.82, 2.24) is 5.32 Å². The molecule has 0 aliphatic carbocycles. The Balaban J connectivity index is 0. The molecule has 0 aliphatic rings. The van der Waals surface area contributed by atoms with Crippen LogP contribution in [0, 0.1) is 0 Å². The second-order valence-electron chi connectivity index (χ2n) is 2.42. The summed E-state index contributed by atoms with van der Waals surface area (Å²) < 4.78 is 0. The molecular formula is C13H23NO. The van der Waals surface area contributed by atoms with Crippen molar-refractivity contribution in [1.29, 1.82) is 0 Å². The topological polar surface area (TPSA) is 29.1 Å². The fourth-order valence-electron chi connectivity index (χ4n) is 0.940. The second-order valence-corrected chi connectivity index (χ2v) is 2.42. The molecule has 0 bridgehead atoms. The summed E-state index contributed by atoms with van der Waals surface area (Å²) in [6.07, 6.45) is 0.720. The summed E-state index contributed by atoms with van der Waals surface area (Å²) >= 11 is 0. The number of amides is 1. The van der Waals surface area contributed by atoms with E-state index in [0.717, 1.165) is 12.0 Å². The van der Waals surface area contributed by atoms with E-state index < -0.39 is 0 Å². The average Bonchev–Trinajstić information content (AvgIpc) is 2.36. The molecule has 0 heterocycles. The van der Waals surface area contributed by atoms with Crippen molar-refractivity contribution in [2.45, 2.75) is 40.7 Å². The molecule has 15 heavy (non-hydrogen) atoms. The lowest BCUT2D eigenvalue weighted by atomic mass is 10.1. The lowest BCUT2D eigenvalue weighted by molar-refractivity contribution is -0.110. The average molecular weight is 209 g/mol. The fourth-order valence-corrected chi connectivity index (χ4v) is 0.940. The molecule has 1 amide bonds. The minimum atomic E-state index is 0.105. The van der Waals surface area contributed by atoms with E-state index in [0.29, 0.717) is 0 Å². The maximum absolute atomic E-state index is 10.1. The first-order valence-electron chi connectivity index (χ1n) is 5.59. The highest BCUT2D eigenvalue weighted by Gasteiger charge is 1.99. The summed E-state index contributed by atoms with van der Waals surface area (Å²) in [6.45, 7) is 9.95. The Hall–Kier alpha value is -1.31. The predicted molar refractivity (Wildman–Crippen MR) is 66.8 cm³/mol. The van der Waals surface area contributed by atoms with Gasteiger partial charge in [0.2, 0.25) is 6.41 Å². The van der Waals surface area contributed by atoms with Crippen LogP contribution in [0.15, 0.2) is 30.3 Å². The lowest BCUT2D eigenvalue weighted by Crippen LogP contribution is -2.15. The van der Waals surface area contributed by atoms with Gasteiger partial charge in [0, 0.05) is 0 Å². The van der Waals surface area contributed by atoms with Crippen LogP contribution in [0.1, 0.15) is 46.2 Å². The standard InChI is InChI=1S/C9H11NO.2C2H6/c1-8(10-7-11)9-5-3-2-4-6-9;2*1-2/h2-8H,1H3,(H,10,11);2*1-2H3/t8-;;/m1../s1. The number of rotatable bonds is 3. The van der Waals surface area contributed by atoms with Crippen molar-refractivity contribution in [2.75, 3.05) is 0 Å². The highest BCUT2D eigenvalue weighted by Crippen LogP contribution is 2.09. The Morgan fingerprint density at radius 2 is 1.53 bits per heavy atom. The molecule has 1 rings (SSSR count). The van der Waals surface area contributed by atoms with E-state index >= 15 is 0 Å². The Labute approximate surface area is 93.7 Å². The first-order chi connectivity index (χ1) is 7.34. The van der Waals surface area contributed by atoms with Crippen molar-refractivity contribution < 1.29 is 4.79 Å². The number of nitrogens with one attached hydrogen (secondary N) is 1. The van der Waals surface area contributed by atoms with Crippen molar-refractivity contribution >= 4 is 6.41 Å². The van der Waals surface area contributed by atoms with Crippen LogP contribution < -0.4 is 5.32 Å². The fraction of sp³-hybridized carbons (Fsp3) is 0.462. The zero-order chi connectivity index (χ0) is 12.1. The Morgan fingerprint density at radius 1 is 1.07 bits per heavy atom. The summed E-state index contributed by atoms with van der Waals surface area (Å²) in [5.41, 5.74) is 1.12. The van der Waals surface area contributed by atoms with Crippen LogP contribution in [-0.4, -0.2) is 6.41 Å². The van der Waals surface area contributed by atoms with Gasteiger partial charge in [-0.3, -0.25) is 4.79 Å². The van der Waals surface area contributed by atoms with E-state index in [1.54, 1.807) is 0 Å². The van der Waals surface area contributed by atoms with Gasteiger partial charge >= 0.3 is 0 Å². The molecule has 0 saturated carbocycles. The Morgan fingerprint density at radius 3 is 1.93 bits per heavy atom. The van der Waals surface area contributed by atoms with Gasteiger partial charge in [-0.1, -0.05) is 58.0 Å². The summed E-state index contributed by atoms with van der Waals surface area (Å²) in [5.74, 6) is 0. The minimum Gasteiger partial charge on any atom is -0.352 e. The van der Waals surface area contributed by atoms with Gasteiger partial charge in [0.15, 0.2) is 0 Å². The summed E-state index contributed by atoms with van der Waals surface area (Å²) in [5, 5.41) is 2.68. The first kappa shape index (κ1) is 16.1. The molecule has 2 heteroatoms. The van der Waals surface area contributed by atoms with Gasteiger partial charge in [0.1, 0.15) is 0 Å². The normalized spacial score (nSPS) is 9.67. The van der Waals surface area contributed by atoms with E-state index in [1.807, 2.05) is 65.0 Å². The van der Waals surface area contributed by atoms with Crippen LogP contribution in [0.4, 0.5) is 0 Å². The van der Waals surface area contributed by atoms with Crippen molar-refractivity contribution in [3.05, 3.63) is 35.9 Å². The molecule has 0 unspecified atom stereocenters. The van der Waals surface area contributed by atoms with Gasteiger partial charge < -0.3 is 5.32 Å². The maximum atomic E-state index is 10.1.